The van der Waals surface area contributed by atoms with Gasteiger partial charge in [0.15, 0.2) is 0 Å². The van der Waals surface area contributed by atoms with E-state index in [1.807, 2.05) is 12.4 Å². The number of rotatable bonds is 2. The van der Waals surface area contributed by atoms with E-state index >= 15 is 0 Å². The van der Waals surface area contributed by atoms with E-state index in [0.29, 0.717) is 0 Å². The molecule has 1 atom stereocenters. The molecule has 2 nitrogen and oxygen atoms in total. The molecular weight excluding hydrogens is 208 g/mol. The highest BCUT2D eigenvalue weighted by Gasteiger charge is 2.13. The summed E-state index contributed by atoms with van der Waals surface area (Å²) in [4.78, 5) is 4.23. The van der Waals surface area contributed by atoms with Gasteiger partial charge in [-0.1, -0.05) is 30.6 Å². The van der Waals surface area contributed by atoms with Crippen molar-refractivity contribution in [2.75, 3.05) is 0 Å². The van der Waals surface area contributed by atoms with E-state index in [9.17, 15) is 0 Å². The number of nitrogens with two attached hydrogens (primary N) is 1. The monoisotopic (exact) mass is 230 g/mol. The summed E-state index contributed by atoms with van der Waals surface area (Å²) in [6, 6.07) is 2.19. The van der Waals surface area contributed by atoms with Crippen molar-refractivity contribution in [3.8, 4) is 0 Å². The molecule has 2 rings (SSSR count). The van der Waals surface area contributed by atoms with Gasteiger partial charge in [-0.15, -0.1) is 0 Å². The molecule has 1 heterocycles. The third-order valence-electron chi connectivity index (χ3n) is 3.48. The van der Waals surface area contributed by atoms with E-state index in [0.717, 1.165) is 12.0 Å². The lowest BCUT2D eigenvalue weighted by Crippen LogP contribution is -2.14. The van der Waals surface area contributed by atoms with E-state index < -0.39 is 0 Å². The van der Waals surface area contributed by atoms with Crippen molar-refractivity contribution >= 4 is 0 Å². The van der Waals surface area contributed by atoms with Crippen LogP contribution < -0.4 is 5.73 Å². The Morgan fingerprint density at radius 2 is 2.00 bits per heavy atom. The van der Waals surface area contributed by atoms with Gasteiger partial charge in [0.1, 0.15) is 0 Å². The molecular formula is C15H22N2. The van der Waals surface area contributed by atoms with E-state index in [4.69, 9.17) is 5.73 Å². The van der Waals surface area contributed by atoms with Gasteiger partial charge in [-0.2, -0.15) is 0 Å². The molecule has 2 N–H and O–H groups in total. The van der Waals surface area contributed by atoms with Crippen molar-refractivity contribution in [1.82, 2.24) is 4.98 Å². The third kappa shape index (κ3) is 3.40. The zero-order valence-corrected chi connectivity index (χ0v) is 10.7. The first-order valence-corrected chi connectivity index (χ1v) is 6.63. The molecule has 17 heavy (non-hydrogen) atoms. The minimum absolute atomic E-state index is 0.0421. The van der Waals surface area contributed by atoms with Crippen molar-refractivity contribution in [2.24, 2.45) is 5.73 Å². The summed E-state index contributed by atoms with van der Waals surface area (Å²) in [7, 11) is 0. The second-order valence-electron chi connectivity index (χ2n) is 5.01. The molecule has 0 radical (unpaired) electrons. The van der Waals surface area contributed by atoms with Crippen LogP contribution in [-0.2, 0) is 0 Å². The normalized spacial score (nSPS) is 22.1. The van der Waals surface area contributed by atoms with Crippen LogP contribution in [0.3, 0.4) is 0 Å². The van der Waals surface area contributed by atoms with Gasteiger partial charge in [-0.3, -0.25) is 4.98 Å². The highest BCUT2D eigenvalue weighted by atomic mass is 14.7. The Morgan fingerprint density at radius 3 is 2.82 bits per heavy atom. The smallest absolute Gasteiger partial charge is 0.0526 e. The van der Waals surface area contributed by atoms with Gasteiger partial charge in [0.05, 0.1) is 6.04 Å². The van der Waals surface area contributed by atoms with Crippen molar-refractivity contribution in [3.63, 3.8) is 0 Å². The van der Waals surface area contributed by atoms with Gasteiger partial charge >= 0.3 is 0 Å². The number of pyridine rings is 1. The number of nitrogens with zero attached hydrogens (tertiary/aromatic N) is 1. The molecule has 1 aliphatic carbocycles. The van der Waals surface area contributed by atoms with Crippen LogP contribution in [0, 0.1) is 6.92 Å². The second kappa shape index (κ2) is 5.97. The van der Waals surface area contributed by atoms with Gasteiger partial charge in [0, 0.05) is 12.4 Å². The summed E-state index contributed by atoms with van der Waals surface area (Å²) in [6.07, 6.45) is 13.8. The van der Waals surface area contributed by atoms with Crippen molar-refractivity contribution in [1.29, 1.82) is 0 Å². The standard InChI is InChI=1S/C15H22N2/c1-12-9-14(11-17-10-12)15(16)13-7-5-3-2-4-6-8-13/h7,9-11,15H,2-6,8,16H2,1H3/b13-7+. The molecule has 2 heteroatoms. The predicted molar refractivity (Wildman–Crippen MR) is 71.7 cm³/mol. The Labute approximate surface area is 104 Å². The Balaban J connectivity index is 2.14. The molecule has 0 saturated carbocycles. The van der Waals surface area contributed by atoms with Gasteiger partial charge in [0.25, 0.3) is 0 Å². The van der Waals surface area contributed by atoms with Crippen LogP contribution in [0.1, 0.15) is 55.7 Å². The molecule has 1 unspecified atom stereocenters. The van der Waals surface area contributed by atoms with Crippen LogP contribution in [0.25, 0.3) is 0 Å². The second-order valence-corrected chi connectivity index (χ2v) is 5.01. The van der Waals surface area contributed by atoms with Crippen molar-refractivity contribution in [2.45, 2.75) is 51.5 Å². The number of hydrogen-bond acceptors (Lipinski definition) is 2. The van der Waals surface area contributed by atoms with Crippen LogP contribution in [-0.4, -0.2) is 4.98 Å². The van der Waals surface area contributed by atoms with Crippen molar-refractivity contribution < 1.29 is 0 Å². The first-order chi connectivity index (χ1) is 8.27. The minimum atomic E-state index is 0.0421. The van der Waals surface area contributed by atoms with Crippen LogP contribution in [0.4, 0.5) is 0 Å². The first kappa shape index (κ1) is 12.3. The minimum Gasteiger partial charge on any atom is -0.320 e. The molecule has 1 aromatic rings. The lowest BCUT2D eigenvalue weighted by atomic mass is 9.92. The van der Waals surface area contributed by atoms with E-state index in [2.05, 4.69) is 24.1 Å². The fourth-order valence-corrected chi connectivity index (χ4v) is 2.46. The van der Waals surface area contributed by atoms with Crippen molar-refractivity contribution in [3.05, 3.63) is 41.2 Å². The van der Waals surface area contributed by atoms with Crippen LogP contribution in [0.15, 0.2) is 30.1 Å². The highest BCUT2D eigenvalue weighted by molar-refractivity contribution is 5.28. The largest absolute Gasteiger partial charge is 0.320 e. The first-order valence-electron chi connectivity index (χ1n) is 6.63. The molecule has 92 valence electrons. The molecule has 1 aliphatic rings. The Hall–Kier alpha value is -1.15. The average molecular weight is 230 g/mol. The van der Waals surface area contributed by atoms with Gasteiger partial charge in [0.2, 0.25) is 0 Å². The lowest BCUT2D eigenvalue weighted by molar-refractivity contribution is 0.602. The molecule has 0 aliphatic heterocycles. The Kier molecular flexibility index (Phi) is 4.32. The van der Waals surface area contributed by atoms with E-state index in [1.165, 1.54) is 43.2 Å². The quantitative estimate of drug-likeness (QED) is 0.787. The van der Waals surface area contributed by atoms with E-state index in [1.54, 1.807) is 0 Å². The molecule has 0 fully saturated rings. The Morgan fingerprint density at radius 1 is 1.18 bits per heavy atom. The van der Waals surface area contributed by atoms with Gasteiger partial charge < -0.3 is 5.73 Å². The third-order valence-corrected chi connectivity index (χ3v) is 3.48. The molecule has 0 amide bonds. The fourth-order valence-electron chi connectivity index (χ4n) is 2.46. The summed E-state index contributed by atoms with van der Waals surface area (Å²) >= 11 is 0. The zero-order valence-electron chi connectivity index (χ0n) is 10.7. The number of aromatic nitrogens is 1. The Bertz CT molecular complexity index is 396. The summed E-state index contributed by atoms with van der Waals surface area (Å²) < 4.78 is 0. The van der Waals surface area contributed by atoms with E-state index in [-0.39, 0.29) is 6.04 Å². The summed E-state index contributed by atoms with van der Waals surface area (Å²) in [5.74, 6) is 0. The zero-order chi connectivity index (χ0) is 12.1. The summed E-state index contributed by atoms with van der Waals surface area (Å²) in [5.41, 5.74) is 10.1. The molecule has 0 saturated heterocycles. The molecule has 0 bridgehead atoms. The van der Waals surface area contributed by atoms with Gasteiger partial charge in [-0.05, 0) is 43.7 Å². The van der Waals surface area contributed by atoms with Gasteiger partial charge in [-0.25, -0.2) is 0 Å². The maximum atomic E-state index is 6.35. The average Bonchev–Trinajstić information content (AvgIpc) is 2.28. The molecule has 1 aromatic heterocycles. The number of allylic oxidation sites excluding steroid dienone is 1. The van der Waals surface area contributed by atoms with Crippen LogP contribution >= 0.6 is 0 Å². The van der Waals surface area contributed by atoms with Crippen LogP contribution in [0.5, 0.6) is 0 Å². The number of aryl methyl sites for hydroxylation is 1. The van der Waals surface area contributed by atoms with Crippen LogP contribution in [0.2, 0.25) is 0 Å². The SMILES string of the molecule is Cc1cncc(C(N)/C2=C/CCCCCC2)c1. The fraction of sp³-hybridized carbons (Fsp3) is 0.533. The lowest BCUT2D eigenvalue weighted by Gasteiger charge is -2.18. The predicted octanol–water partition coefficient (Wildman–Crippen LogP) is 3.67. The number of hydrogen-bond donors (Lipinski definition) is 1. The topological polar surface area (TPSA) is 38.9 Å². The summed E-state index contributed by atoms with van der Waals surface area (Å²) in [5, 5.41) is 0. The molecule has 0 aromatic carbocycles. The highest BCUT2D eigenvalue weighted by Crippen LogP contribution is 2.26. The molecule has 0 spiro atoms. The maximum absolute atomic E-state index is 6.35. The maximum Gasteiger partial charge on any atom is 0.0526 e. The summed E-state index contributed by atoms with van der Waals surface area (Å²) in [6.45, 7) is 2.07.